The summed E-state index contributed by atoms with van der Waals surface area (Å²) in [4.78, 5) is 11.2. The van der Waals surface area contributed by atoms with Gasteiger partial charge in [0.1, 0.15) is 5.75 Å². The molecule has 0 spiro atoms. The van der Waals surface area contributed by atoms with E-state index in [4.69, 9.17) is 11.6 Å². The Morgan fingerprint density at radius 2 is 2.00 bits per heavy atom. The number of ether oxygens (including phenoxy) is 1. The van der Waals surface area contributed by atoms with Crippen LogP contribution in [0.2, 0.25) is 0 Å². The van der Waals surface area contributed by atoms with Crippen molar-refractivity contribution in [3.63, 3.8) is 0 Å². The van der Waals surface area contributed by atoms with Crippen LogP contribution in [0.3, 0.4) is 0 Å². The van der Waals surface area contributed by atoms with E-state index in [1.807, 2.05) is 0 Å². The van der Waals surface area contributed by atoms with Crippen molar-refractivity contribution in [2.24, 2.45) is 0 Å². The number of carbonyl (C=O) groups excluding carboxylic acids is 1. The Morgan fingerprint density at radius 1 is 1.38 bits per heavy atom. The van der Waals surface area contributed by atoms with Crippen molar-refractivity contribution in [2.45, 2.75) is 13.3 Å². The highest BCUT2D eigenvalue weighted by molar-refractivity contribution is 6.30. The number of hydrogen-bond acceptors (Lipinski definition) is 2. The van der Waals surface area contributed by atoms with Crippen LogP contribution >= 0.6 is 11.6 Å². The molecule has 0 aromatic heterocycles. The summed E-state index contributed by atoms with van der Waals surface area (Å²) in [6.45, 7) is 1.56. The Balaban J connectivity index is 3.03. The van der Waals surface area contributed by atoms with E-state index in [1.165, 1.54) is 12.1 Å². The van der Waals surface area contributed by atoms with Crippen LogP contribution in [0.5, 0.6) is 5.75 Å². The zero-order valence-corrected chi connectivity index (χ0v) is 9.02. The first-order valence-electron chi connectivity index (χ1n) is 4.28. The van der Waals surface area contributed by atoms with E-state index in [0.717, 1.165) is 6.07 Å². The number of carbonyl (C=O) groups is 1. The van der Waals surface area contributed by atoms with Crippen molar-refractivity contribution in [1.29, 1.82) is 0 Å². The molecule has 0 saturated heterocycles. The highest BCUT2D eigenvalue weighted by Gasteiger charge is 2.31. The summed E-state index contributed by atoms with van der Waals surface area (Å²) in [6, 6.07) is 3.66. The predicted octanol–water partition coefficient (Wildman–Crippen LogP) is 3.32. The lowest BCUT2D eigenvalue weighted by atomic mass is 10.1. The maximum Gasteiger partial charge on any atom is 0.573 e. The molecule has 0 heterocycles. The fraction of sp³-hybridized carbons (Fsp3) is 0.300. The first kappa shape index (κ1) is 12.8. The fourth-order valence-corrected chi connectivity index (χ4v) is 1.33. The van der Waals surface area contributed by atoms with Crippen LogP contribution in [-0.4, -0.2) is 18.0 Å². The summed E-state index contributed by atoms with van der Waals surface area (Å²) in [5.41, 5.74) is 0.601. The van der Waals surface area contributed by atoms with E-state index in [2.05, 4.69) is 4.74 Å². The predicted molar refractivity (Wildman–Crippen MR) is 52.9 cm³/mol. The van der Waals surface area contributed by atoms with E-state index in [0.29, 0.717) is 5.56 Å². The lowest BCUT2D eigenvalue weighted by molar-refractivity contribution is -0.274. The SMILES string of the molecule is Cc1cc(OC(F)(F)F)cc(C(=O)CCl)c1. The van der Waals surface area contributed by atoms with Crippen molar-refractivity contribution in [3.05, 3.63) is 29.3 Å². The number of hydrogen-bond donors (Lipinski definition) is 0. The molecule has 2 nitrogen and oxygen atoms in total. The molecule has 0 amide bonds. The van der Waals surface area contributed by atoms with E-state index in [9.17, 15) is 18.0 Å². The van der Waals surface area contributed by atoms with Crippen LogP contribution in [0.25, 0.3) is 0 Å². The van der Waals surface area contributed by atoms with Gasteiger partial charge in [-0.15, -0.1) is 24.8 Å². The average molecular weight is 253 g/mol. The summed E-state index contributed by atoms with van der Waals surface area (Å²) >= 11 is 5.31. The molecular weight excluding hydrogens is 245 g/mol. The van der Waals surface area contributed by atoms with Crippen molar-refractivity contribution in [2.75, 3.05) is 5.88 Å². The average Bonchev–Trinajstić information content (AvgIpc) is 2.12. The summed E-state index contributed by atoms with van der Waals surface area (Å²) in [5, 5.41) is 0. The van der Waals surface area contributed by atoms with Gasteiger partial charge in [0.2, 0.25) is 0 Å². The van der Waals surface area contributed by atoms with Crippen LogP contribution in [0.4, 0.5) is 13.2 Å². The van der Waals surface area contributed by atoms with Gasteiger partial charge in [0.15, 0.2) is 5.78 Å². The lowest BCUT2D eigenvalue weighted by Gasteiger charge is -2.10. The number of halogens is 4. The third-order valence-corrected chi connectivity index (χ3v) is 1.97. The largest absolute Gasteiger partial charge is 0.573 e. The number of aryl methyl sites for hydroxylation is 1. The molecule has 6 heteroatoms. The molecule has 0 aliphatic heterocycles. The van der Waals surface area contributed by atoms with Gasteiger partial charge in [0, 0.05) is 5.56 Å². The molecule has 1 aromatic carbocycles. The maximum absolute atomic E-state index is 12.0. The van der Waals surface area contributed by atoms with Gasteiger partial charge in [-0.1, -0.05) is 0 Å². The molecule has 16 heavy (non-hydrogen) atoms. The van der Waals surface area contributed by atoms with E-state index >= 15 is 0 Å². The molecule has 0 N–H and O–H groups in total. The Bertz CT molecular complexity index is 402. The van der Waals surface area contributed by atoms with Crippen LogP contribution in [-0.2, 0) is 0 Å². The van der Waals surface area contributed by atoms with Crippen LogP contribution in [0.15, 0.2) is 18.2 Å². The van der Waals surface area contributed by atoms with Crippen LogP contribution < -0.4 is 4.74 Å². The molecule has 0 aliphatic rings. The van der Waals surface area contributed by atoms with Gasteiger partial charge in [-0.3, -0.25) is 4.79 Å². The second-order valence-electron chi connectivity index (χ2n) is 3.14. The molecule has 0 fully saturated rings. The second-order valence-corrected chi connectivity index (χ2v) is 3.41. The standard InChI is InChI=1S/C10H8ClF3O2/c1-6-2-7(9(15)5-11)4-8(3-6)16-10(12,13)14/h2-4H,5H2,1H3. The van der Waals surface area contributed by atoms with Crippen molar-refractivity contribution in [1.82, 2.24) is 0 Å². The topological polar surface area (TPSA) is 26.3 Å². The third kappa shape index (κ3) is 3.73. The van der Waals surface area contributed by atoms with Gasteiger partial charge in [0.05, 0.1) is 5.88 Å². The first-order chi connectivity index (χ1) is 7.31. The maximum atomic E-state index is 12.0. The zero-order chi connectivity index (χ0) is 12.3. The normalized spacial score (nSPS) is 11.3. The molecule has 0 unspecified atom stereocenters. The van der Waals surface area contributed by atoms with Gasteiger partial charge in [-0.05, 0) is 30.7 Å². The third-order valence-electron chi connectivity index (χ3n) is 1.73. The minimum absolute atomic E-state index is 0.106. The van der Waals surface area contributed by atoms with Gasteiger partial charge < -0.3 is 4.74 Å². The molecule has 88 valence electrons. The molecule has 0 bridgehead atoms. The minimum atomic E-state index is -4.77. The summed E-state index contributed by atoms with van der Waals surface area (Å²) < 4.78 is 39.6. The Hall–Kier alpha value is -1.23. The van der Waals surface area contributed by atoms with Crippen LogP contribution in [0, 0.1) is 6.92 Å². The smallest absolute Gasteiger partial charge is 0.406 e. The number of benzene rings is 1. The summed E-state index contributed by atoms with van der Waals surface area (Å²) in [7, 11) is 0. The molecule has 0 radical (unpaired) electrons. The van der Waals surface area contributed by atoms with Gasteiger partial charge >= 0.3 is 6.36 Å². The quantitative estimate of drug-likeness (QED) is 0.609. The number of ketones is 1. The molecule has 0 atom stereocenters. The summed E-state index contributed by atoms with van der Waals surface area (Å²) in [6.07, 6.45) is -4.77. The Morgan fingerprint density at radius 3 is 2.50 bits per heavy atom. The van der Waals surface area contributed by atoms with Crippen molar-refractivity contribution >= 4 is 17.4 Å². The van der Waals surface area contributed by atoms with Crippen LogP contribution in [0.1, 0.15) is 15.9 Å². The first-order valence-corrected chi connectivity index (χ1v) is 4.82. The van der Waals surface area contributed by atoms with E-state index in [1.54, 1.807) is 6.92 Å². The highest BCUT2D eigenvalue weighted by Crippen LogP contribution is 2.25. The fourth-order valence-electron chi connectivity index (χ4n) is 1.18. The Labute approximate surface area is 95.0 Å². The monoisotopic (exact) mass is 252 g/mol. The van der Waals surface area contributed by atoms with Gasteiger partial charge in [-0.25, -0.2) is 0 Å². The number of alkyl halides is 4. The van der Waals surface area contributed by atoms with Gasteiger partial charge in [0.25, 0.3) is 0 Å². The van der Waals surface area contributed by atoms with Crippen molar-refractivity contribution in [3.8, 4) is 5.75 Å². The minimum Gasteiger partial charge on any atom is -0.406 e. The number of Topliss-reactive ketones (excluding diaryl/α,β-unsaturated/α-hetero) is 1. The van der Waals surface area contributed by atoms with Crippen molar-refractivity contribution < 1.29 is 22.7 Å². The molecule has 0 aliphatic carbocycles. The van der Waals surface area contributed by atoms with E-state index in [-0.39, 0.29) is 11.4 Å². The molecular formula is C10H8ClF3O2. The second kappa shape index (κ2) is 4.74. The van der Waals surface area contributed by atoms with Gasteiger partial charge in [-0.2, -0.15) is 0 Å². The zero-order valence-electron chi connectivity index (χ0n) is 8.27. The summed E-state index contributed by atoms with van der Waals surface area (Å²) in [5.74, 6) is -1.15. The van der Waals surface area contributed by atoms with E-state index < -0.39 is 17.9 Å². The molecule has 1 rings (SSSR count). The lowest BCUT2D eigenvalue weighted by Crippen LogP contribution is -2.17. The Kier molecular flexibility index (Phi) is 3.80. The number of rotatable bonds is 3. The molecule has 1 aromatic rings. The highest BCUT2D eigenvalue weighted by atomic mass is 35.5. The molecule has 0 saturated carbocycles.